The topological polar surface area (TPSA) is 68.6 Å². The number of urea groups is 1. The zero-order valence-corrected chi connectivity index (χ0v) is 18.9. The average molecular weight is 435 g/mol. The van der Waals surface area contributed by atoms with Crippen LogP contribution in [0.25, 0.3) is 5.69 Å². The molecule has 2 amide bonds. The highest BCUT2D eigenvalue weighted by atomic mass is 16.5. The third kappa shape index (κ3) is 4.72. The van der Waals surface area contributed by atoms with E-state index in [2.05, 4.69) is 12.2 Å². The molecule has 7 nitrogen and oxygen atoms in total. The van der Waals surface area contributed by atoms with Crippen molar-refractivity contribution in [3.05, 3.63) is 65.9 Å². The molecule has 1 aliphatic rings. The second-order valence-corrected chi connectivity index (χ2v) is 7.96. The van der Waals surface area contributed by atoms with Crippen LogP contribution >= 0.6 is 0 Å². The molecule has 0 unspecified atom stereocenters. The maximum absolute atomic E-state index is 12.9. The van der Waals surface area contributed by atoms with E-state index in [1.54, 1.807) is 11.8 Å². The number of nitrogens with one attached hydrogen (secondary N) is 1. The first-order valence-corrected chi connectivity index (χ1v) is 11.1. The zero-order chi connectivity index (χ0) is 22.5. The third-order valence-electron chi connectivity index (χ3n) is 5.52. The van der Waals surface area contributed by atoms with E-state index < -0.39 is 0 Å². The van der Waals surface area contributed by atoms with E-state index in [1.807, 2.05) is 66.4 Å². The van der Waals surface area contributed by atoms with Crippen LogP contribution in [0.3, 0.4) is 0 Å². The number of methoxy groups -OCH3 is 1. The molecule has 32 heavy (non-hydrogen) atoms. The molecule has 0 spiro atoms. The summed E-state index contributed by atoms with van der Waals surface area (Å²) < 4.78 is 13.7. The van der Waals surface area contributed by atoms with E-state index >= 15 is 0 Å². The van der Waals surface area contributed by atoms with Gasteiger partial charge < -0.3 is 19.7 Å². The van der Waals surface area contributed by atoms with Gasteiger partial charge in [-0.1, -0.05) is 37.3 Å². The molecule has 1 saturated carbocycles. The molecule has 7 heteroatoms. The first kappa shape index (κ1) is 21.7. The second kappa shape index (κ2) is 9.77. The van der Waals surface area contributed by atoms with E-state index in [4.69, 9.17) is 14.6 Å². The number of amides is 2. The van der Waals surface area contributed by atoms with E-state index in [0.717, 1.165) is 36.2 Å². The summed E-state index contributed by atoms with van der Waals surface area (Å²) in [5, 5.41) is 7.80. The monoisotopic (exact) mass is 434 g/mol. The lowest BCUT2D eigenvalue weighted by molar-refractivity contribution is 0.191. The standard InChI is InChI=1S/C25H30N4O3/c1-4-16-26-25(30)28(19-14-15-19)17-21-18(2)27-29(20-10-6-5-7-11-20)24(21)32-23-13-9-8-12-22(23)31-3/h5-13,19H,4,14-17H2,1-3H3,(H,26,30). The first-order valence-electron chi connectivity index (χ1n) is 11.1. The van der Waals surface area contributed by atoms with Crippen molar-refractivity contribution in [1.29, 1.82) is 0 Å². The summed E-state index contributed by atoms with van der Waals surface area (Å²) in [7, 11) is 1.62. The molecule has 0 saturated heterocycles. The van der Waals surface area contributed by atoms with Crippen LogP contribution in [0.2, 0.25) is 0 Å². The maximum atomic E-state index is 12.9. The van der Waals surface area contributed by atoms with Crippen LogP contribution in [0.15, 0.2) is 54.6 Å². The van der Waals surface area contributed by atoms with Gasteiger partial charge in [0.2, 0.25) is 5.88 Å². The molecule has 3 aromatic rings. The maximum Gasteiger partial charge on any atom is 0.317 e. The van der Waals surface area contributed by atoms with E-state index in [0.29, 0.717) is 30.5 Å². The van der Waals surface area contributed by atoms with Gasteiger partial charge in [-0.25, -0.2) is 9.48 Å². The number of benzene rings is 2. The Labute approximate surface area is 188 Å². The molecule has 1 fully saturated rings. The number of ether oxygens (including phenoxy) is 2. The van der Waals surface area contributed by atoms with Gasteiger partial charge in [0, 0.05) is 12.6 Å². The summed E-state index contributed by atoms with van der Waals surface area (Å²) in [5.74, 6) is 1.82. The molecular weight excluding hydrogens is 404 g/mol. The molecule has 1 aromatic heterocycles. The van der Waals surface area contributed by atoms with Gasteiger partial charge in [-0.05, 0) is 50.5 Å². The van der Waals surface area contributed by atoms with Gasteiger partial charge in [-0.3, -0.25) is 0 Å². The summed E-state index contributed by atoms with van der Waals surface area (Å²) in [4.78, 5) is 14.8. The Balaban J connectivity index is 1.74. The number of carbonyl (C=O) groups excluding carboxylic acids is 1. The summed E-state index contributed by atoms with van der Waals surface area (Å²) in [6, 6.07) is 17.6. The van der Waals surface area contributed by atoms with Gasteiger partial charge in [0.1, 0.15) is 0 Å². The normalized spacial score (nSPS) is 13.0. The quantitative estimate of drug-likeness (QED) is 0.511. The SMILES string of the molecule is CCCNC(=O)N(Cc1c(C)nn(-c2ccccc2)c1Oc1ccccc1OC)C1CC1. The van der Waals surface area contributed by atoms with Crippen LogP contribution in [-0.2, 0) is 6.54 Å². The van der Waals surface area contributed by atoms with Crippen molar-refractivity contribution in [2.24, 2.45) is 0 Å². The van der Waals surface area contributed by atoms with Crippen LogP contribution in [0, 0.1) is 6.92 Å². The van der Waals surface area contributed by atoms with Crippen LogP contribution in [0.1, 0.15) is 37.4 Å². The van der Waals surface area contributed by atoms with Gasteiger partial charge in [-0.2, -0.15) is 5.10 Å². The lowest BCUT2D eigenvalue weighted by Gasteiger charge is -2.23. The van der Waals surface area contributed by atoms with Crippen LogP contribution in [0.5, 0.6) is 17.4 Å². The number of rotatable bonds is 9. The fourth-order valence-electron chi connectivity index (χ4n) is 3.63. The minimum atomic E-state index is -0.0375. The van der Waals surface area contributed by atoms with Crippen molar-refractivity contribution < 1.29 is 14.3 Å². The fourth-order valence-corrected chi connectivity index (χ4v) is 3.63. The molecule has 0 atom stereocenters. The van der Waals surface area contributed by atoms with Gasteiger partial charge in [0.15, 0.2) is 11.5 Å². The average Bonchev–Trinajstić information content (AvgIpc) is 3.62. The minimum absolute atomic E-state index is 0.0375. The molecule has 4 rings (SSSR count). The second-order valence-electron chi connectivity index (χ2n) is 7.96. The molecule has 1 aliphatic carbocycles. The van der Waals surface area contributed by atoms with Crippen LogP contribution < -0.4 is 14.8 Å². The molecule has 2 aromatic carbocycles. The first-order chi connectivity index (χ1) is 15.6. The smallest absolute Gasteiger partial charge is 0.317 e. The number of aryl methyl sites for hydroxylation is 1. The summed E-state index contributed by atoms with van der Waals surface area (Å²) in [6.07, 6.45) is 2.94. The lowest BCUT2D eigenvalue weighted by Crippen LogP contribution is -2.41. The summed E-state index contributed by atoms with van der Waals surface area (Å²) in [6.45, 7) is 5.10. The van der Waals surface area contributed by atoms with Gasteiger partial charge >= 0.3 is 6.03 Å². The predicted octanol–water partition coefficient (Wildman–Crippen LogP) is 5.07. The number of hydrogen-bond donors (Lipinski definition) is 1. The van der Waals surface area contributed by atoms with Crippen LogP contribution in [0.4, 0.5) is 4.79 Å². The fraction of sp³-hybridized carbons (Fsp3) is 0.360. The Bertz CT molecular complexity index is 1060. The molecule has 0 aliphatic heterocycles. The van der Waals surface area contributed by atoms with E-state index in [-0.39, 0.29) is 12.1 Å². The van der Waals surface area contributed by atoms with Crippen molar-refractivity contribution in [3.8, 4) is 23.1 Å². The highest BCUT2D eigenvalue weighted by Gasteiger charge is 2.34. The molecule has 0 bridgehead atoms. The van der Waals surface area contributed by atoms with Crippen molar-refractivity contribution >= 4 is 6.03 Å². The number of carbonyl (C=O) groups is 1. The largest absolute Gasteiger partial charge is 0.493 e. The van der Waals surface area contributed by atoms with Crippen molar-refractivity contribution in [2.75, 3.05) is 13.7 Å². The van der Waals surface area contributed by atoms with Crippen molar-refractivity contribution in [2.45, 2.75) is 45.7 Å². The predicted molar refractivity (Wildman–Crippen MR) is 124 cm³/mol. The van der Waals surface area contributed by atoms with Gasteiger partial charge in [-0.15, -0.1) is 0 Å². The number of hydrogen-bond acceptors (Lipinski definition) is 4. The third-order valence-corrected chi connectivity index (χ3v) is 5.52. The Morgan fingerprint density at radius 1 is 1.12 bits per heavy atom. The Kier molecular flexibility index (Phi) is 6.63. The lowest BCUT2D eigenvalue weighted by atomic mass is 10.2. The van der Waals surface area contributed by atoms with Crippen molar-refractivity contribution in [1.82, 2.24) is 20.0 Å². The highest BCUT2D eigenvalue weighted by Crippen LogP contribution is 2.37. The summed E-state index contributed by atoms with van der Waals surface area (Å²) >= 11 is 0. The number of para-hydroxylation sites is 3. The highest BCUT2D eigenvalue weighted by molar-refractivity contribution is 5.75. The van der Waals surface area contributed by atoms with Gasteiger partial charge in [0.05, 0.1) is 30.6 Å². The number of aromatic nitrogens is 2. The Hall–Kier alpha value is -3.48. The van der Waals surface area contributed by atoms with E-state index in [1.165, 1.54) is 0 Å². The number of nitrogens with zero attached hydrogens (tertiary/aromatic N) is 3. The summed E-state index contributed by atoms with van der Waals surface area (Å²) in [5.41, 5.74) is 2.60. The minimum Gasteiger partial charge on any atom is -0.493 e. The van der Waals surface area contributed by atoms with Gasteiger partial charge in [0.25, 0.3) is 0 Å². The molecule has 0 radical (unpaired) electrons. The molecule has 1 N–H and O–H groups in total. The zero-order valence-electron chi connectivity index (χ0n) is 18.9. The Morgan fingerprint density at radius 2 is 1.81 bits per heavy atom. The molecule has 1 heterocycles. The van der Waals surface area contributed by atoms with E-state index in [9.17, 15) is 4.79 Å². The Morgan fingerprint density at radius 3 is 2.47 bits per heavy atom. The van der Waals surface area contributed by atoms with Crippen molar-refractivity contribution in [3.63, 3.8) is 0 Å². The molecule has 168 valence electrons. The van der Waals surface area contributed by atoms with Crippen LogP contribution in [-0.4, -0.2) is 40.4 Å². The molecular formula is C25H30N4O3.